The fraction of sp³-hybridized carbons (Fsp3) is 0.360. The summed E-state index contributed by atoms with van der Waals surface area (Å²) >= 11 is 1.36. The Labute approximate surface area is 370 Å². The summed E-state index contributed by atoms with van der Waals surface area (Å²) in [6.07, 6.45) is 8.89. The molecule has 57 heavy (non-hydrogen) atoms. The zero-order valence-corrected chi connectivity index (χ0v) is 39.4. The predicted octanol–water partition coefficient (Wildman–Crippen LogP) is 15.8. The van der Waals surface area contributed by atoms with Gasteiger partial charge in [0.05, 0.1) is 0 Å². The van der Waals surface area contributed by atoms with E-state index >= 15 is 0 Å². The second-order valence-electron chi connectivity index (χ2n) is 15.7. The molecule has 7 heteroatoms. The van der Waals surface area contributed by atoms with Crippen LogP contribution in [-0.2, 0) is 36.2 Å². The molecule has 8 rings (SSSR count). The Morgan fingerprint density at radius 2 is 0.912 bits per heavy atom. The SMILES string of the molecule is Cc1cc(C)cc(-c2cccc3[cH-]c(CC4CCCC4)cc23)c1.Cc1cc(C)cc(-c2cccc3[cH-]c(CC4CCCC4)cc23)c1.Cl.Cl.[CH2-]CC(F)(F)F.[CH3-].[Si]=[Zr]. The first kappa shape index (κ1) is 50.7. The van der Waals surface area contributed by atoms with Gasteiger partial charge >= 0.3 is 36.4 Å². The van der Waals surface area contributed by atoms with E-state index in [-0.39, 0.29) is 32.2 Å². The molecule has 2 aliphatic carbocycles. The summed E-state index contributed by atoms with van der Waals surface area (Å²) in [6.45, 7) is 14.4. The molecule has 0 amide bonds. The molecule has 0 N–H and O–H groups in total. The molecule has 306 valence electrons. The van der Waals surface area contributed by atoms with Crippen LogP contribution in [-0.4, -0.2) is 13.1 Å². The van der Waals surface area contributed by atoms with Crippen LogP contribution in [0.1, 0.15) is 91.2 Å². The van der Waals surface area contributed by atoms with E-state index in [1.54, 1.807) is 0 Å². The maximum atomic E-state index is 10.7. The molecule has 0 atom stereocenters. The van der Waals surface area contributed by atoms with Gasteiger partial charge in [0.2, 0.25) is 0 Å². The first-order chi connectivity index (χ1) is 25.9. The number of halogens is 5. The summed E-state index contributed by atoms with van der Waals surface area (Å²) in [5.74, 6) is 1.83. The van der Waals surface area contributed by atoms with Gasteiger partial charge in [-0.15, -0.1) is 93.9 Å². The number of hydrogen-bond donors (Lipinski definition) is 0. The van der Waals surface area contributed by atoms with E-state index in [9.17, 15) is 13.2 Å². The van der Waals surface area contributed by atoms with Gasteiger partial charge in [0.25, 0.3) is 0 Å². The average Bonchev–Trinajstić information content (AvgIpc) is 3.97. The number of alkyl halides is 3. The molecule has 2 radical (unpaired) electrons. The van der Waals surface area contributed by atoms with Gasteiger partial charge in [-0.1, -0.05) is 140 Å². The molecule has 0 saturated heterocycles. The van der Waals surface area contributed by atoms with Crippen molar-refractivity contribution in [3.8, 4) is 22.3 Å². The van der Waals surface area contributed by atoms with E-state index in [2.05, 4.69) is 139 Å². The average molecular weight is 907 g/mol. The second-order valence-corrected chi connectivity index (χ2v) is 15.7. The second kappa shape index (κ2) is 24.0. The standard InChI is InChI=1S/2C23H25.C3H4F3.CH3.2ClH.Si.Zr/c2*1-16-10-17(2)12-21(11-16)22-9-5-8-20-14-19(15-23(20)22)13-18-6-3-4-7-18;1-2-3(4,5)6;;;;;/h2*5,8-12,14-15,18H,3-4,6-7,13H2,1-2H3;1-2H2;1H3;2*1H;;/q4*-1;;;;. The normalized spacial score (nSPS) is 13.9. The van der Waals surface area contributed by atoms with E-state index < -0.39 is 12.6 Å². The van der Waals surface area contributed by atoms with Crippen molar-refractivity contribution in [2.75, 3.05) is 0 Å². The number of fused-ring (bicyclic) bond motifs is 2. The van der Waals surface area contributed by atoms with Gasteiger partial charge in [-0.05, 0) is 63.5 Å². The molecular weight excluding hydrogens is 848 g/mol. The number of aryl methyl sites for hydroxylation is 4. The van der Waals surface area contributed by atoms with Crippen molar-refractivity contribution in [1.82, 2.24) is 0 Å². The summed E-state index contributed by atoms with van der Waals surface area (Å²) in [6, 6.07) is 36.9. The minimum absolute atomic E-state index is 0. The van der Waals surface area contributed by atoms with Crippen molar-refractivity contribution in [2.24, 2.45) is 11.8 Å². The molecule has 0 spiro atoms. The van der Waals surface area contributed by atoms with E-state index in [0.717, 1.165) is 11.8 Å². The number of benzene rings is 4. The van der Waals surface area contributed by atoms with Crippen molar-refractivity contribution < 1.29 is 36.5 Å². The molecular formula is C50H59Cl2F3SiZr-4. The van der Waals surface area contributed by atoms with E-state index in [1.807, 2.05) is 0 Å². The molecule has 2 saturated carbocycles. The van der Waals surface area contributed by atoms with Crippen LogP contribution in [0, 0.1) is 53.9 Å². The quantitative estimate of drug-likeness (QED) is 0.115. The van der Waals surface area contributed by atoms with Crippen LogP contribution in [0.2, 0.25) is 0 Å². The molecule has 0 aliphatic heterocycles. The van der Waals surface area contributed by atoms with Gasteiger partial charge in [-0.2, -0.15) is 25.3 Å². The van der Waals surface area contributed by atoms with Crippen molar-refractivity contribution in [2.45, 2.75) is 105 Å². The van der Waals surface area contributed by atoms with Crippen molar-refractivity contribution in [3.63, 3.8) is 0 Å². The van der Waals surface area contributed by atoms with Gasteiger partial charge < -0.3 is 14.4 Å². The van der Waals surface area contributed by atoms with E-state index in [4.69, 9.17) is 0 Å². The van der Waals surface area contributed by atoms with Crippen LogP contribution in [0.5, 0.6) is 0 Å². The molecule has 0 nitrogen and oxygen atoms in total. The Balaban J connectivity index is 0.000000318. The maximum absolute atomic E-state index is 10.7. The van der Waals surface area contributed by atoms with Crippen LogP contribution < -0.4 is 0 Å². The topological polar surface area (TPSA) is 0 Å². The van der Waals surface area contributed by atoms with Crippen LogP contribution in [0.25, 0.3) is 43.8 Å². The molecule has 6 aromatic carbocycles. The van der Waals surface area contributed by atoms with Crippen LogP contribution in [0.3, 0.4) is 0 Å². The summed E-state index contributed by atoms with van der Waals surface area (Å²) in [4.78, 5) is 0. The van der Waals surface area contributed by atoms with Crippen molar-refractivity contribution in [1.29, 1.82) is 0 Å². The summed E-state index contributed by atoms with van der Waals surface area (Å²) < 4.78 is 32.2. The zero-order chi connectivity index (χ0) is 38.8. The van der Waals surface area contributed by atoms with Crippen molar-refractivity contribution in [3.05, 3.63) is 145 Å². The zero-order valence-electron chi connectivity index (χ0n) is 34.3. The Hall–Kier alpha value is -2.43. The summed E-state index contributed by atoms with van der Waals surface area (Å²) in [7, 11) is 0. The van der Waals surface area contributed by atoms with Gasteiger partial charge in [-0.3, -0.25) is 0 Å². The first-order valence-electron chi connectivity index (χ1n) is 19.6. The Kier molecular flexibility index (Phi) is 21.3. The molecule has 2 fully saturated rings. The first-order valence-corrected chi connectivity index (χ1v) is 23.8. The fourth-order valence-electron chi connectivity index (χ4n) is 8.69. The fourth-order valence-corrected chi connectivity index (χ4v) is 8.69. The number of rotatable bonds is 6. The van der Waals surface area contributed by atoms with Crippen LogP contribution >= 0.6 is 24.8 Å². The molecule has 2 aliphatic rings. The molecule has 0 unspecified atom stereocenters. The Bertz CT molecular complexity index is 1930. The van der Waals surface area contributed by atoms with E-state index in [0.29, 0.717) is 0 Å². The van der Waals surface area contributed by atoms with Gasteiger partial charge in [0.1, 0.15) is 0 Å². The monoisotopic (exact) mass is 904 g/mol. The Morgan fingerprint density at radius 1 is 0.596 bits per heavy atom. The van der Waals surface area contributed by atoms with Crippen molar-refractivity contribution >= 4 is 53.2 Å². The minimum atomic E-state index is -4.07. The number of hydrogen-bond acceptors (Lipinski definition) is 0. The predicted molar refractivity (Wildman–Crippen MR) is 243 cm³/mol. The third-order valence-electron chi connectivity index (χ3n) is 11.0. The van der Waals surface area contributed by atoms with Crippen LogP contribution in [0.15, 0.2) is 97.1 Å². The van der Waals surface area contributed by atoms with Gasteiger partial charge in [0.15, 0.2) is 0 Å². The van der Waals surface area contributed by atoms with Gasteiger partial charge in [0, 0.05) is 0 Å². The molecule has 6 aromatic rings. The molecule has 0 aromatic heterocycles. The molecule has 0 heterocycles. The summed E-state index contributed by atoms with van der Waals surface area (Å²) in [5.41, 5.74) is 13.9. The Morgan fingerprint density at radius 3 is 1.21 bits per heavy atom. The van der Waals surface area contributed by atoms with E-state index in [1.165, 1.54) is 165 Å². The third kappa shape index (κ3) is 14.7. The third-order valence-corrected chi connectivity index (χ3v) is 11.0. The molecule has 0 bridgehead atoms. The summed E-state index contributed by atoms with van der Waals surface area (Å²) in [5, 5.41) is 5.64. The van der Waals surface area contributed by atoms with Gasteiger partial charge in [-0.25, -0.2) is 0 Å². The van der Waals surface area contributed by atoms with Crippen LogP contribution in [0.4, 0.5) is 13.2 Å².